The number of benzene rings is 1. The first-order valence-electron chi connectivity index (χ1n) is 5.54. The van der Waals surface area contributed by atoms with Crippen LogP contribution in [0.1, 0.15) is 18.9 Å². The van der Waals surface area contributed by atoms with Crippen molar-refractivity contribution >= 4 is 11.9 Å². The normalized spacial score (nSPS) is 18.9. The van der Waals surface area contributed by atoms with Crippen LogP contribution in [0.5, 0.6) is 5.75 Å². The van der Waals surface area contributed by atoms with Crippen molar-refractivity contribution < 1.29 is 9.94 Å². The van der Waals surface area contributed by atoms with Gasteiger partial charge in [0.2, 0.25) is 0 Å². The average Bonchev–Trinajstić information content (AvgIpc) is 2.30. The summed E-state index contributed by atoms with van der Waals surface area (Å²) in [5.41, 5.74) is 2.20. The summed E-state index contributed by atoms with van der Waals surface area (Å²) in [7, 11) is 0. The molecular formula is C12H16N2O2. The van der Waals surface area contributed by atoms with Gasteiger partial charge in [-0.25, -0.2) is 0 Å². The molecule has 0 spiro atoms. The highest BCUT2D eigenvalue weighted by atomic mass is 16.5. The molecule has 1 aliphatic heterocycles. The van der Waals surface area contributed by atoms with Gasteiger partial charge in [-0.2, -0.15) is 0 Å². The molecule has 1 unspecified atom stereocenters. The molecule has 0 amide bonds. The largest absolute Gasteiger partial charge is 0.489 e. The van der Waals surface area contributed by atoms with E-state index in [0.717, 1.165) is 24.3 Å². The van der Waals surface area contributed by atoms with Crippen molar-refractivity contribution in [3.63, 3.8) is 0 Å². The minimum absolute atomic E-state index is 0.0608. The summed E-state index contributed by atoms with van der Waals surface area (Å²) >= 11 is 0. The number of ether oxygens (including phenoxy) is 1. The minimum atomic E-state index is -0.0608. The van der Waals surface area contributed by atoms with E-state index in [2.05, 4.69) is 23.5 Å². The predicted octanol–water partition coefficient (Wildman–Crippen LogP) is 2.27. The van der Waals surface area contributed by atoms with Crippen LogP contribution in [0.4, 0.5) is 5.69 Å². The lowest BCUT2D eigenvalue weighted by Gasteiger charge is -2.26. The van der Waals surface area contributed by atoms with Gasteiger partial charge in [-0.05, 0) is 18.1 Å². The van der Waals surface area contributed by atoms with Crippen molar-refractivity contribution in [3.8, 4) is 5.75 Å². The van der Waals surface area contributed by atoms with E-state index < -0.39 is 0 Å². The maximum atomic E-state index is 8.48. The molecule has 86 valence electrons. The number of anilines is 1. The predicted molar refractivity (Wildman–Crippen MR) is 63.6 cm³/mol. The number of para-hydroxylation sites is 1. The Bertz CT molecular complexity index is 391. The van der Waals surface area contributed by atoms with Gasteiger partial charge in [-0.3, -0.25) is 0 Å². The lowest BCUT2D eigenvalue weighted by molar-refractivity contribution is 0.295. The molecule has 0 aromatic heterocycles. The van der Waals surface area contributed by atoms with Crippen LogP contribution >= 0.6 is 0 Å². The maximum Gasteiger partial charge on any atom is 0.145 e. The van der Waals surface area contributed by atoms with Crippen LogP contribution in [-0.2, 0) is 6.42 Å². The van der Waals surface area contributed by atoms with E-state index in [1.807, 2.05) is 12.1 Å². The third kappa shape index (κ3) is 2.10. The van der Waals surface area contributed by atoms with Crippen LogP contribution in [0.3, 0.4) is 0 Å². The zero-order valence-corrected chi connectivity index (χ0v) is 9.31. The molecule has 0 saturated heterocycles. The Hall–Kier alpha value is -1.71. The number of nitrogens with zero attached hydrogens (tertiary/aromatic N) is 1. The molecule has 1 aromatic carbocycles. The first-order chi connectivity index (χ1) is 7.85. The van der Waals surface area contributed by atoms with Crippen LogP contribution in [0.25, 0.3) is 0 Å². The Balaban J connectivity index is 2.23. The number of nitrogens with one attached hydrogen (secondary N) is 1. The third-order valence-electron chi connectivity index (χ3n) is 2.61. The smallest absolute Gasteiger partial charge is 0.145 e. The molecule has 0 bridgehead atoms. The van der Waals surface area contributed by atoms with Gasteiger partial charge in [0.15, 0.2) is 0 Å². The van der Waals surface area contributed by atoms with E-state index >= 15 is 0 Å². The first kappa shape index (κ1) is 10.8. The average molecular weight is 220 g/mol. The lowest BCUT2D eigenvalue weighted by atomic mass is 10.1. The van der Waals surface area contributed by atoms with Crippen LogP contribution in [0.2, 0.25) is 0 Å². The molecule has 0 fully saturated rings. The number of fused-ring (bicyclic) bond motifs is 1. The van der Waals surface area contributed by atoms with Gasteiger partial charge in [0.05, 0.1) is 17.9 Å². The molecule has 4 heteroatoms. The summed E-state index contributed by atoms with van der Waals surface area (Å²) in [4.78, 5) is 0. The summed E-state index contributed by atoms with van der Waals surface area (Å²) in [6, 6.07) is 6.02. The second-order valence-corrected chi connectivity index (χ2v) is 3.87. The lowest BCUT2D eigenvalue weighted by Crippen LogP contribution is -2.33. The molecule has 0 saturated carbocycles. The van der Waals surface area contributed by atoms with E-state index in [9.17, 15) is 0 Å². The quantitative estimate of drug-likeness (QED) is 0.467. The molecular weight excluding hydrogens is 204 g/mol. The van der Waals surface area contributed by atoms with Crippen molar-refractivity contribution in [2.75, 3.05) is 11.9 Å². The van der Waals surface area contributed by atoms with Gasteiger partial charge in [0.25, 0.3) is 0 Å². The number of hydrogen-bond acceptors (Lipinski definition) is 4. The van der Waals surface area contributed by atoms with Gasteiger partial charge in [-0.15, -0.1) is 0 Å². The summed E-state index contributed by atoms with van der Waals surface area (Å²) in [6.07, 6.45) is 3.56. The van der Waals surface area contributed by atoms with Crippen LogP contribution < -0.4 is 10.1 Å². The maximum absolute atomic E-state index is 8.48. The summed E-state index contributed by atoms with van der Waals surface area (Å²) in [5, 5.41) is 14.8. The van der Waals surface area contributed by atoms with Gasteiger partial charge in [0.1, 0.15) is 12.4 Å². The van der Waals surface area contributed by atoms with E-state index in [4.69, 9.17) is 9.94 Å². The van der Waals surface area contributed by atoms with Gasteiger partial charge in [0, 0.05) is 0 Å². The third-order valence-corrected chi connectivity index (χ3v) is 2.61. The molecule has 0 aliphatic carbocycles. The van der Waals surface area contributed by atoms with Gasteiger partial charge in [-0.1, -0.05) is 30.6 Å². The number of rotatable bonds is 3. The Morgan fingerprint density at radius 1 is 1.62 bits per heavy atom. The zero-order valence-electron chi connectivity index (χ0n) is 9.31. The highest BCUT2D eigenvalue weighted by Gasteiger charge is 2.19. The van der Waals surface area contributed by atoms with Gasteiger partial charge < -0.3 is 15.3 Å². The first-order valence-corrected chi connectivity index (χ1v) is 5.54. The second kappa shape index (κ2) is 4.88. The highest BCUT2D eigenvalue weighted by Crippen LogP contribution is 2.33. The Morgan fingerprint density at radius 3 is 3.25 bits per heavy atom. The van der Waals surface area contributed by atoms with Crippen LogP contribution in [-0.4, -0.2) is 24.1 Å². The molecule has 2 N–H and O–H groups in total. The molecule has 2 rings (SSSR count). The number of oxime groups is 1. The fourth-order valence-corrected chi connectivity index (χ4v) is 1.91. The molecule has 1 aliphatic rings. The topological polar surface area (TPSA) is 53.9 Å². The molecule has 1 aromatic rings. The summed E-state index contributed by atoms with van der Waals surface area (Å²) in [6.45, 7) is 2.65. The summed E-state index contributed by atoms with van der Waals surface area (Å²) < 4.78 is 5.71. The second-order valence-electron chi connectivity index (χ2n) is 3.87. The number of hydrogen-bond donors (Lipinski definition) is 2. The molecule has 16 heavy (non-hydrogen) atoms. The molecule has 1 atom stereocenters. The standard InChI is InChI=1S/C12H16N2O2/c1-2-4-9-5-3-6-11-12(9)16-8-10(14-11)7-13-15/h3,5-7,10,14-15H,2,4,8H2,1H3. The summed E-state index contributed by atoms with van der Waals surface area (Å²) in [5.74, 6) is 0.937. The molecule has 4 nitrogen and oxygen atoms in total. The Kier molecular flexibility index (Phi) is 3.29. The fraction of sp³-hybridized carbons (Fsp3) is 0.417. The van der Waals surface area contributed by atoms with E-state index in [0.29, 0.717) is 6.61 Å². The van der Waals surface area contributed by atoms with E-state index in [-0.39, 0.29) is 6.04 Å². The zero-order chi connectivity index (χ0) is 11.4. The number of aryl methyl sites for hydroxylation is 1. The van der Waals surface area contributed by atoms with Gasteiger partial charge >= 0.3 is 0 Å². The minimum Gasteiger partial charge on any atom is -0.489 e. The van der Waals surface area contributed by atoms with Crippen molar-refractivity contribution in [1.82, 2.24) is 0 Å². The van der Waals surface area contributed by atoms with Crippen LogP contribution in [0, 0.1) is 0 Å². The fourth-order valence-electron chi connectivity index (χ4n) is 1.91. The van der Waals surface area contributed by atoms with E-state index in [1.54, 1.807) is 0 Å². The van der Waals surface area contributed by atoms with Crippen molar-refractivity contribution in [2.24, 2.45) is 5.16 Å². The van der Waals surface area contributed by atoms with Crippen molar-refractivity contribution in [2.45, 2.75) is 25.8 Å². The Morgan fingerprint density at radius 2 is 2.50 bits per heavy atom. The van der Waals surface area contributed by atoms with Crippen molar-refractivity contribution in [1.29, 1.82) is 0 Å². The Labute approximate surface area is 94.9 Å². The highest BCUT2D eigenvalue weighted by molar-refractivity contribution is 5.73. The molecule has 0 radical (unpaired) electrons. The van der Waals surface area contributed by atoms with Crippen LogP contribution in [0.15, 0.2) is 23.4 Å². The van der Waals surface area contributed by atoms with E-state index in [1.165, 1.54) is 11.8 Å². The molecule has 1 heterocycles. The monoisotopic (exact) mass is 220 g/mol. The van der Waals surface area contributed by atoms with Crippen molar-refractivity contribution in [3.05, 3.63) is 23.8 Å². The SMILES string of the molecule is CCCc1cccc2c1OCC(C=NO)N2.